The summed E-state index contributed by atoms with van der Waals surface area (Å²) in [6.07, 6.45) is 0.354. The van der Waals surface area contributed by atoms with Gasteiger partial charge in [0.05, 0.1) is 6.61 Å². The molecular formula is C24H30N4O5S. The van der Waals surface area contributed by atoms with Crippen molar-refractivity contribution in [2.45, 2.75) is 45.4 Å². The average Bonchev–Trinajstić information content (AvgIpc) is 3.29. The molecule has 3 rings (SSSR count). The van der Waals surface area contributed by atoms with E-state index < -0.39 is 10.0 Å². The van der Waals surface area contributed by atoms with E-state index in [-0.39, 0.29) is 29.4 Å². The van der Waals surface area contributed by atoms with E-state index in [2.05, 4.69) is 15.5 Å². The van der Waals surface area contributed by atoms with Crippen molar-refractivity contribution in [2.75, 3.05) is 25.0 Å². The van der Waals surface area contributed by atoms with Gasteiger partial charge in [-0.15, -0.1) is 0 Å². The van der Waals surface area contributed by atoms with Gasteiger partial charge >= 0.3 is 0 Å². The second kappa shape index (κ2) is 11.3. The van der Waals surface area contributed by atoms with Crippen LogP contribution < -0.4 is 10.1 Å². The summed E-state index contributed by atoms with van der Waals surface area (Å²) in [5.41, 5.74) is 2.33. The summed E-state index contributed by atoms with van der Waals surface area (Å²) in [6.45, 7) is 8.30. The van der Waals surface area contributed by atoms with Crippen LogP contribution in [0.25, 0.3) is 11.4 Å². The standard InChI is InChI=1S/C24H30N4O5S/c1-5-28(6-2)34(30,31)21-16-19(12-13-20(21)32-7-3)25-22(29)14-15-23-26-24(27-33-23)18-10-8-17(4)9-11-18/h8-13,16H,5-7,14-15H2,1-4H3,(H,25,29). The van der Waals surface area contributed by atoms with Crippen molar-refractivity contribution in [3.8, 4) is 17.1 Å². The summed E-state index contributed by atoms with van der Waals surface area (Å²) in [5.74, 6) is 0.766. The van der Waals surface area contributed by atoms with Gasteiger partial charge in [-0.1, -0.05) is 48.8 Å². The molecule has 2 aromatic carbocycles. The summed E-state index contributed by atoms with van der Waals surface area (Å²) in [5, 5.41) is 6.72. The Kier molecular flexibility index (Phi) is 8.41. The number of aromatic nitrogens is 2. The number of aryl methyl sites for hydroxylation is 2. The van der Waals surface area contributed by atoms with Gasteiger partial charge in [0.25, 0.3) is 0 Å². The van der Waals surface area contributed by atoms with Crippen LogP contribution in [0.4, 0.5) is 5.69 Å². The van der Waals surface area contributed by atoms with Gasteiger partial charge in [0.1, 0.15) is 10.6 Å². The number of carbonyl (C=O) groups is 1. The summed E-state index contributed by atoms with van der Waals surface area (Å²) < 4.78 is 38.3. The molecule has 0 saturated heterocycles. The fourth-order valence-corrected chi connectivity index (χ4v) is 5.00. The molecule has 34 heavy (non-hydrogen) atoms. The summed E-state index contributed by atoms with van der Waals surface area (Å²) >= 11 is 0. The predicted molar refractivity (Wildman–Crippen MR) is 129 cm³/mol. The number of anilines is 1. The highest BCUT2D eigenvalue weighted by molar-refractivity contribution is 7.89. The van der Waals surface area contributed by atoms with Crippen molar-refractivity contribution in [3.63, 3.8) is 0 Å². The van der Waals surface area contributed by atoms with E-state index in [9.17, 15) is 13.2 Å². The van der Waals surface area contributed by atoms with Crippen LogP contribution in [0.15, 0.2) is 51.9 Å². The maximum absolute atomic E-state index is 13.1. The summed E-state index contributed by atoms with van der Waals surface area (Å²) in [6, 6.07) is 12.3. The molecule has 0 saturated carbocycles. The van der Waals surface area contributed by atoms with E-state index in [0.29, 0.717) is 37.1 Å². The average molecular weight is 487 g/mol. The number of nitrogens with one attached hydrogen (secondary N) is 1. The van der Waals surface area contributed by atoms with Crippen molar-refractivity contribution in [1.82, 2.24) is 14.4 Å². The van der Waals surface area contributed by atoms with Crippen LogP contribution in [0.2, 0.25) is 0 Å². The van der Waals surface area contributed by atoms with E-state index in [0.717, 1.165) is 11.1 Å². The minimum absolute atomic E-state index is 0.0236. The van der Waals surface area contributed by atoms with E-state index in [4.69, 9.17) is 9.26 Å². The molecule has 0 aliphatic carbocycles. The molecule has 0 spiro atoms. The van der Waals surface area contributed by atoms with Gasteiger partial charge in [0, 0.05) is 37.2 Å². The molecule has 0 unspecified atom stereocenters. The highest BCUT2D eigenvalue weighted by Crippen LogP contribution is 2.30. The zero-order valence-corrected chi connectivity index (χ0v) is 20.7. The zero-order valence-electron chi connectivity index (χ0n) is 19.9. The maximum atomic E-state index is 13.1. The smallest absolute Gasteiger partial charge is 0.246 e. The molecule has 1 amide bonds. The first-order valence-corrected chi connectivity index (χ1v) is 12.7. The van der Waals surface area contributed by atoms with Gasteiger partial charge in [0.15, 0.2) is 0 Å². The Bertz CT molecular complexity index is 1220. The van der Waals surface area contributed by atoms with Gasteiger partial charge < -0.3 is 14.6 Å². The second-order valence-electron chi connectivity index (χ2n) is 7.61. The summed E-state index contributed by atoms with van der Waals surface area (Å²) in [4.78, 5) is 16.9. The van der Waals surface area contributed by atoms with Gasteiger partial charge in [0.2, 0.25) is 27.6 Å². The SMILES string of the molecule is CCOc1ccc(NC(=O)CCc2nc(-c3ccc(C)cc3)no2)cc1S(=O)(=O)N(CC)CC. The number of benzene rings is 2. The van der Waals surface area contributed by atoms with Gasteiger partial charge in [-0.3, -0.25) is 4.79 Å². The first-order valence-electron chi connectivity index (χ1n) is 11.2. The first-order chi connectivity index (χ1) is 16.3. The second-order valence-corrected chi connectivity index (χ2v) is 9.52. The molecule has 9 nitrogen and oxygen atoms in total. The lowest BCUT2D eigenvalue weighted by Gasteiger charge is -2.21. The Labute approximate surface area is 200 Å². The number of hydrogen-bond acceptors (Lipinski definition) is 7. The van der Waals surface area contributed by atoms with E-state index in [1.165, 1.54) is 10.4 Å². The maximum Gasteiger partial charge on any atom is 0.246 e. The van der Waals surface area contributed by atoms with Crippen molar-refractivity contribution in [2.24, 2.45) is 0 Å². The summed E-state index contributed by atoms with van der Waals surface area (Å²) in [7, 11) is -3.77. The molecule has 0 aliphatic heterocycles. The lowest BCUT2D eigenvalue weighted by Crippen LogP contribution is -2.31. The molecule has 0 atom stereocenters. The lowest BCUT2D eigenvalue weighted by atomic mass is 10.1. The number of hydrogen-bond donors (Lipinski definition) is 1. The fraction of sp³-hybridized carbons (Fsp3) is 0.375. The third-order valence-corrected chi connectivity index (χ3v) is 7.27. The van der Waals surface area contributed by atoms with Crippen LogP contribution in [0.1, 0.15) is 38.6 Å². The Morgan fingerprint density at radius 1 is 1.09 bits per heavy atom. The molecule has 0 fully saturated rings. The van der Waals surface area contributed by atoms with Crippen LogP contribution in [0.3, 0.4) is 0 Å². The zero-order chi connectivity index (χ0) is 24.7. The Morgan fingerprint density at radius 3 is 2.44 bits per heavy atom. The van der Waals surface area contributed by atoms with Crippen molar-refractivity contribution >= 4 is 21.6 Å². The fourth-order valence-electron chi connectivity index (χ4n) is 3.39. The Hall–Kier alpha value is -3.24. The topological polar surface area (TPSA) is 115 Å². The van der Waals surface area contributed by atoms with Crippen molar-refractivity contribution < 1.29 is 22.5 Å². The van der Waals surface area contributed by atoms with Gasteiger partial charge in [-0.05, 0) is 32.0 Å². The molecule has 1 aromatic heterocycles. The first kappa shape index (κ1) is 25.4. The number of amides is 1. The predicted octanol–water partition coefficient (Wildman–Crippen LogP) is 4.05. The highest BCUT2D eigenvalue weighted by Gasteiger charge is 2.26. The lowest BCUT2D eigenvalue weighted by molar-refractivity contribution is -0.116. The number of sulfonamides is 1. The molecule has 0 aliphatic rings. The minimum Gasteiger partial charge on any atom is -0.492 e. The molecule has 3 aromatic rings. The third-order valence-electron chi connectivity index (χ3n) is 5.19. The van der Waals surface area contributed by atoms with Crippen LogP contribution in [-0.2, 0) is 21.2 Å². The van der Waals surface area contributed by atoms with Crippen molar-refractivity contribution in [1.29, 1.82) is 0 Å². The van der Waals surface area contributed by atoms with Gasteiger partial charge in [-0.25, -0.2) is 8.42 Å². The molecule has 10 heteroatoms. The largest absolute Gasteiger partial charge is 0.492 e. The van der Waals surface area contributed by atoms with Crippen LogP contribution >= 0.6 is 0 Å². The number of ether oxygens (including phenoxy) is 1. The Balaban J connectivity index is 1.69. The van der Waals surface area contributed by atoms with E-state index in [1.54, 1.807) is 32.9 Å². The highest BCUT2D eigenvalue weighted by atomic mass is 32.2. The van der Waals surface area contributed by atoms with E-state index in [1.807, 2.05) is 31.2 Å². The molecule has 1 N–H and O–H groups in total. The molecular weight excluding hydrogens is 456 g/mol. The van der Waals surface area contributed by atoms with Crippen LogP contribution in [0, 0.1) is 6.92 Å². The molecule has 1 heterocycles. The van der Waals surface area contributed by atoms with Gasteiger partial charge in [-0.2, -0.15) is 9.29 Å². The molecule has 182 valence electrons. The third kappa shape index (κ3) is 6.00. The number of rotatable bonds is 11. The van der Waals surface area contributed by atoms with Crippen molar-refractivity contribution in [3.05, 3.63) is 53.9 Å². The van der Waals surface area contributed by atoms with Crippen LogP contribution in [0.5, 0.6) is 5.75 Å². The monoisotopic (exact) mass is 486 g/mol. The Morgan fingerprint density at radius 2 is 1.79 bits per heavy atom. The quantitative estimate of drug-likeness (QED) is 0.435. The minimum atomic E-state index is -3.77. The molecule has 0 radical (unpaired) electrons. The number of carbonyl (C=O) groups excluding carboxylic acids is 1. The normalized spacial score (nSPS) is 11.6. The molecule has 0 bridgehead atoms. The van der Waals surface area contributed by atoms with E-state index >= 15 is 0 Å². The van der Waals surface area contributed by atoms with Crippen LogP contribution in [-0.4, -0.2) is 48.5 Å². The number of nitrogens with zero attached hydrogens (tertiary/aromatic N) is 3.